The fourth-order valence-electron chi connectivity index (χ4n) is 3.57. The molecule has 1 radical (unpaired) electrons. The van der Waals surface area contributed by atoms with Crippen LogP contribution in [0.1, 0.15) is 16.7 Å². The van der Waals surface area contributed by atoms with Crippen LogP contribution in [0.15, 0.2) is 164 Å². The Kier molecular flexibility index (Phi) is 11.6. The Morgan fingerprint density at radius 2 is 0.622 bits per heavy atom. The summed E-state index contributed by atoms with van der Waals surface area (Å²) in [7, 11) is 0. The van der Waals surface area contributed by atoms with Crippen LogP contribution in [-0.2, 0) is 19.5 Å². The van der Waals surface area contributed by atoms with Gasteiger partial charge in [-0.15, -0.1) is 126 Å². The molecular weight excluding hydrogens is 539 g/mol. The first-order valence-electron chi connectivity index (χ1n) is 12.0. The Morgan fingerprint density at radius 3 is 0.838 bits per heavy atom. The maximum Gasteiger partial charge on any atom is 3.00 e. The summed E-state index contributed by atoms with van der Waals surface area (Å²) in [4.78, 5) is 0. The molecule has 3 heterocycles. The molecule has 0 spiro atoms. The van der Waals surface area contributed by atoms with Crippen molar-refractivity contribution in [1.29, 1.82) is 0 Å². The number of dihydropyridines is 3. The van der Waals surface area contributed by atoms with E-state index < -0.39 is 0 Å². The summed E-state index contributed by atoms with van der Waals surface area (Å²) in [6.07, 6.45) is 24.0. The summed E-state index contributed by atoms with van der Waals surface area (Å²) in [5.41, 5.74) is 3.66. The molecule has 0 amide bonds. The zero-order valence-electron chi connectivity index (χ0n) is 20.4. The van der Waals surface area contributed by atoms with Crippen molar-refractivity contribution in [3.8, 4) is 0 Å². The predicted molar refractivity (Wildman–Crippen MR) is 151 cm³/mol. The van der Waals surface area contributed by atoms with Crippen molar-refractivity contribution >= 4 is 0 Å². The molecule has 0 saturated carbocycles. The van der Waals surface area contributed by atoms with Gasteiger partial charge in [0.1, 0.15) is 0 Å². The van der Waals surface area contributed by atoms with Gasteiger partial charge in [-0.2, -0.15) is 0 Å². The van der Waals surface area contributed by atoms with E-state index in [-0.39, 0.29) is 19.5 Å². The Bertz CT molecular complexity index is 1060. The van der Waals surface area contributed by atoms with Crippen LogP contribution in [0.5, 0.6) is 0 Å². The van der Waals surface area contributed by atoms with E-state index in [1.165, 1.54) is 16.7 Å². The Morgan fingerprint density at radius 1 is 0.351 bits per heavy atom. The molecule has 3 nitrogen and oxygen atoms in total. The number of allylic oxidation sites excluding steroid dienone is 6. The zero-order chi connectivity index (χ0) is 24.7. The third-order valence-corrected chi connectivity index (χ3v) is 5.38. The summed E-state index contributed by atoms with van der Waals surface area (Å²) in [5.74, 6) is 0. The average molecular weight is 570 g/mol. The number of rotatable bonds is 3. The van der Waals surface area contributed by atoms with Crippen LogP contribution in [0, 0.1) is 18.1 Å². The fourth-order valence-corrected chi connectivity index (χ4v) is 3.57. The minimum atomic E-state index is 0. The molecule has 0 aliphatic carbocycles. The molecule has 0 unspecified atom stereocenters. The second-order valence-electron chi connectivity index (χ2n) is 7.93. The van der Waals surface area contributed by atoms with E-state index in [0.717, 1.165) is 18.1 Å². The van der Waals surface area contributed by atoms with Crippen molar-refractivity contribution in [1.82, 2.24) is 16.0 Å². The molecule has 4 heteroatoms. The Labute approximate surface area is 233 Å². The van der Waals surface area contributed by atoms with Gasteiger partial charge in [0.2, 0.25) is 0 Å². The SMILES string of the molecule is C1=CN[C-](c2ccccc2)C=C1.C1=CN[C-](c2ccccc2)C=C1.C1=CN[C-](c2ccccc2)C=C1.[Ru+3]. The summed E-state index contributed by atoms with van der Waals surface area (Å²) in [6, 6.07) is 34.3. The van der Waals surface area contributed by atoms with Gasteiger partial charge in [0.05, 0.1) is 0 Å². The van der Waals surface area contributed by atoms with Gasteiger partial charge in [0, 0.05) is 0 Å². The molecule has 3 aromatic rings. The van der Waals surface area contributed by atoms with Crippen molar-refractivity contribution in [3.05, 3.63) is 199 Å². The third kappa shape index (κ3) is 9.03. The van der Waals surface area contributed by atoms with Gasteiger partial charge in [-0.05, 0) is 36.7 Å². The number of hydrogen-bond acceptors (Lipinski definition) is 3. The molecule has 0 aromatic heterocycles. The molecular formula is C33H30N3Ru. The fraction of sp³-hybridized carbons (Fsp3) is 0. The third-order valence-electron chi connectivity index (χ3n) is 5.38. The van der Waals surface area contributed by atoms with Crippen molar-refractivity contribution in [2.75, 3.05) is 0 Å². The van der Waals surface area contributed by atoms with Gasteiger partial charge in [-0.3, -0.25) is 0 Å². The van der Waals surface area contributed by atoms with Crippen LogP contribution in [0.3, 0.4) is 0 Å². The maximum atomic E-state index is 3.18. The van der Waals surface area contributed by atoms with Gasteiger partial charge >= 0.3 is 19.5 Å². The van der Waals surface area contributed by atoms with Gasteiger partial charge in [0.15, 0.2) is 0 Å². The van der Waals surface area contributed by atoms with E-state index in [0.29, 0.717) is 0 Å². The largest absolute Gasteiger partial charge is 3.00 e. The smallest absolute Gasteiger partial charge is 0.402 e. The molecule has 37 heavy (non-hydrogen) atoms. The van der Waals surface area contributed by atoms with E-state index in [4.69, 9.17) is 0 Å². The van der Waals surface area contributed by atoms with Crippen LogP contribution in [0.4, 0.5) is 0 Å². The van der Waals surface area contributed by atoms with Crippen LogP contribution in [0.25, 0.3) is 0 Å². The van der Waals surface area contributed by atoms with E-state index >= 15 is 0 Å². The molecule has 3 aliphatic heterocycles. The molecule has 0 atom stereocenters. The van der Waals surface area contributed by atoms with Crippen LogP contribution >= 0.6 is 0 Å². The number of nitrogens with one attached hydrogen (secondary N) is 3. The molecule has 185 valence electrons. The number of hydrogen-bond donors (Lipinski definition) is 3. The van der Waals surface area contributed by atoms with Crippen molar-refractivity contribution in [3.63, 3.8) is 0 Å². The minimum absolute atomic E-state index is 0. The number of benzene rings is 3. The molecule has 3 aromatic carbocycles. The first kappa shape index (κ1) is 27.3. The first-order chi connectivity index (χ1) is 17.9. The normalized spacial score (nSPS) is 14.1. The Balaban J connectivity index is 0.000000152. The van der Waals surface area contributed by atoms with E-state index in [9.17, 15) is 0 Å². The van der Waals surface area contributed by atoms with Gasteiger partial charge in [0.25, 0.3) is 0 Å². The average Bonchev–Trinajstić information content (AvgIpc) is 3.01. The second kappa shape index (κ2) is 15.7. The van der Waals surface area contributed by atoms with Gasteiger partial charge in [-0.1, -0.05) is 36.4 Å². The zero-order valence-corrected chi connectivity index (χ0v) is 22.2. The molecule has 0 bridgehead atoms. The molecule has 0 fully saturated rings. The summed E-state index contributed by atoms with van der Waals surface area (Å²) in [5, 5.41) is 9.55. The predicted octanol–water partition coefficient (Wildman–Crippen LogP) is 6.72. The first-order valence-corrected chi connectivity index (χ1v) is 12.0. The molecule has 3 aliphatic rings. The molecule has 3 N–H and O–H groups in total. The topological polar surface area (TPSA) is 36.1 Å². The van der Waals surface area contributed by atoms with Crippen molar-refractivity contribution < 1.29 is 19.5 Å². The van der Waals surface area contributed by atoms with Crippen molar-refractivity contribution in [2.24, 2.45) is 0 Å². The summed E-state index contributed by atoms with van der Waals surface area (Å²) < 4.78 is 0. The van der Waals surface area contributed by atoms with E-state index in [2.05, 4.69) is 70.6 Å². The maximum absolute atomic E-state index is 3.18. The summed E-state index contributed by atoms with van der Waals surface area (Å²) in [6.45, 7) is 0. The summed E-state index contributed by atoms with van der Waals surface area (Å²) >= 11 is 0. The monoisotopic (exact) mass is 570 g/mol. The van der Waals surface area contributed by atoms with Crippen LogP contribution < -0.4 is 16.0 Å². The quantitative estimate of drug-likeness (QED) is 0.242. The molecule has 6 rings (SSSR count). The molecule has 0 saturated heterocycles. The minimum Gasteiger partial charge on any atom is -0.402 e. The van der Waals surface area contributed by atoms with Gasteiger partial charge < -0.3 is 16.0 Å². The van der Waals surface area contributed by atoms with E-state index in [1.807, 2.05) is 110 Å². The van der Waals surface area contributed by atoms with Crippen LogP contribution in [0.2, 0.25) is 0 Å². The van der Waals surface area contributed by atoms with E-state index in [1.54, 1.807) is 0 Å². The van der Waals surface area contributed by atoms with Crippen LogP contribution in [-0.4, -0.2) is 0 Å². The van der Waals surface area contributed by atoms with Gasteiger partial charge in [-0.25, -0.2) is 0 Å². The second-order valence-corrected chi connectivity index (χ2v) is 7.93. The van der Waals surface area contributed by atoms with Crippen molar-refractivity contribution in [2.45, 2.75) is 0 Å². The standard InChI is InChI=1S/3C11H10N.Ru/c3*1-2-6-10(7-3-1)11-8-4-5-9-12-11;/h3*1-9,12H;/q3*-1;+3. The Hall–Kier alpha value is -4.27.